The molecular formula is C18H25N3. The van der Waals surface area contributed by atoms with E-state index in [-0.39, 0.29) is 6.04 Å². The summed E-state index contributed by atoms with van der Waals surface area (Å²) in [5.41, 5.74) is 6.48. The molecule has 1 fully saturated rings. The summed E-state index contributed by atoms with van der Waals surface area (Å²) in [5, 5.41) is 1.22. The summed E-state index contributed by atoms with van der Waals surface area (Å²) in [7, 11) is 0. The minimum atomic E-state index is 0.222. The minimum Gasteiger partial charge on any atom is -0.271 e. The summed E-state index contributed by atoms with van der Waals surface area (Å²) in [6.07, 6.45) is 7.97. The normalized spacial score (nSPS) is 18.0. The summed E-state index contributed by atoms with van der Waals surface area (Å²) < 4.78 is 0. The molecule has 1 aromatic carbocycles. The molecule has 0 radical (unpaired) electrons. The van der Waals surface area contributed by atoms with Gasteiger partial charge in [0, 0.05) is 17.1 Å². The van der Waals surface area contributed by atoms with E-state index in [1.807, 2.05) is 6.07 Å². The maximum absolute atomic E-state index is 5.89. The van der Waals surface area contributed by atoms with E-state index in [0.29, 0.717) is 0 Å². The van der Waals surface area contributed by atoms with Gasteiger partial charge in [-0.1, -0.05) is 50.3 Å². The molecule has 3 heteroatoms. The molecule has 0 aliphatic heterocycles. The summed E-state index contributed by atoms with van der Waals surface area (Å²) in [6.45, 7) is 2.06. The summed E-state index contributed by atoms with van der Waals surface area (Å²) >= 11 is 0. The molecule has 1 aliphatic carbocycles. The van der Waals surface area contributed by atoms with Crippen molar-refractivity contribution >= 4 is 10.9 Å². The lowest BCUT2D eigenvalue weighted by Crippen LogP contribution is -2.30. The second kappa shape index (κ2) is 6.54. The first-order valence-electron chi connectivity index (χ1n) is 8.10. The maximum atomic E-state index is 5.89. The van der Waals surface area contributed by atoms with Gasteiger partial charge in [0.05, 0.1) is 5.52 Å². The molecule has 3 rings (SSSR count). The van der Waals surface area contributed by atoms with Crippen LogP contribution < -0.4 is 11.3 Å². The van der Waals surface area contributed by atoms with Crippen LogP contribution in [0.1, 0.15) is 55.8 Å². The highest BCUT2D eigenvalue weighted by molar-refractivity contribution is 5.82. The van der Waals surface area contributed by atoms with Crippen LogP contribution in [0.25, 0.3) is 10.9 Å². The summed E-state index contributed by atoms with van der Waals surface area (Å²) in [6, 6.07) is 10.8. The molecule has 1 heterocycles. The number of para-hydroxylation sites is 1. The van der Waals surface area contributed by atoms with Crippen LogP contribution in [0.2, 0.25) is 0 Å². The molecule has 0 amide bonds. The van der Waals surface area contributed by atoms with Crippen LogP contribution in [-0.4, -0.2) is 4.98 Å². The number of benzene rings is 1. The molecule has 0 saturated heterocycles. The van der Waals surface area contributed by atoms with E-state index in [4.69, 9.17) is 5.84 Å². The molecule has 1 aromatic heterocycles. The predicted molar refractivity (Wildman–Crippen MR) is 87.7 cm³/mol. The zero-order valence-electron chi connectivity index (χ0n) is 12.8. The van der Waals surface area contributed by atoms with Crippen LogP contribution >= 0.6 is 0 Å². The Morgan fingerprint density at radius 2 is 2.00 bits per heavy atom. The van der Waals surface area contributed by atoms with Crippen molar-refractivity contribution in [3.05, 3.63) is 41.6 Å². The molecule has 3 N–H and O–H groups in total. The van der Waals surface area contributed by atoms with Crippen molar-refractivity contribution in [1.29, 1.82) is 0 Å². The van der Waals surface area contributed by atoms with Gasteiger partial charge >= 0.3 is 0 Å². The van der Waals surface area contributed by atoms with Crippen molar-refractivity contribution in [2.75, 3.05) is 0 Å². The van der Waals surface area contributed by atoms with Crippen molar-refractivity contribution in [1.82, 2.24) is 10.4 Å². The number of nitrogens with zero attached hydrogens (tertiary/aromatic N) is 1. The fourth-order valence-electron chi connectivity index (χ4n) is 3.67. The molecule has 21 heavy (non-hydrogen) atoms. The molecule has 0 spiro atoms. The van der Waals surface area contributed by atoms with Crippen LogP contribution in [0.15, 0.2) is 30.3 Å². The number of hydrazine groups is 1. The highest BCUT2D eigenvalue weighted by Gasteiger charge is 2.21. The number of hydrogen-bond donors (Lipinski definition) is 2. The Hall–Kier alpha value is -1.45. The smallest absolute Gasteiger partial charge is 0.0708 e. The highest BCUT2D eigenvalue weighted by Crippen LogP contribution is 2.34. The van der Waals surface area contributed by atoms with Gasteiger partial charge in [-0.15, -0.1) is 0 Å². The molecule has 1 aliphatic rings. The van der Waals surface area contributed by atoms with Crippen LogP contribution in [0.5, 0.6) is 0 Å². The van der Waals surface area contributed by atoms with Gasteiger partial charge in [-0.3, -0.25) is 16.3 Å². The molecule has 1 unspecified atom stereocenters. The molecule has 112 valence electrons. The quantitative estimate of drug-likeness (QED) is 0.658. The lowest BCUT2D eigenvalue weighted by atomic mass is 9.83. The summed E-state index contributed by atoms with van der Waals surface area (Å²) in [4.78, 5) is 4.63. The van der Waals surface area contributed by atoms with Crippen LogP contribution in [0.3, 0.4) is 0 Å². The third-order valence-corrected chi connectivity index (χ3v) is 4.75. The number of aryl methyl sites for hydroxylation is 1. The Bertz CT molecular complexity index is 602. The molecule has 1 atom stereocenters. The van der Waals surface area contributed by atoms with E-state index in [1.165, 1.54) is 43.1 Å². The number of fused-ring (bicyclic) bond motifs is 1. The average molecular weight is 283 g/mol. The standard InChI is InChI=1S/C18H25N3/c1-13-11-16(15-9-5-6-10-17(15)20-13)18(21-19)12-14-7-3-2-4-8-14/h5-6,9-11,14,18,21H,2-4,7-8,12,19H2,1H3. The topological polar surface area (TPSA) is 50.9 Å². The Morgan fingerprint density at radius 1 is 1.24 bits per heavy atom. The Morgan fingerprint density at radius 3 is 2.76 bits per heavy atom. The minimum absolute atomic E-state index is 0.222. The number of nitrogens with one attached hydrogen (secondary N) is 1. The maximum Gasteiger partial charge on any atom is 0.0708 e. The van der Waals surface area contributed by atoms with Gasteiger partial charge < -0.3 is 0 Å². The zero-order chi connectivity index (χ0) is 14.7. The van der Waals surface area contributed by atoms with E-state index in [0.717, 1.165) is 23.5 Å². The van der Waals surface area contributed by atoms with E-state index in [2.05, 4.69) is 41.6 Å². The predicted octanol–water partition coefficient (Wildman–Crippen LogP) is 4.02. The van der Waals surface area contributed by atoms with Gasteiger partial charge in [-0.2, -0.15) is 0 Å². The summed E-state index contributed by atoms with van der Waals surface area (Å²) in [5.74, 6) is 6.69. The van der Waals surface area contributed by atoms with Gasteiger partial charge in [0.2, 0.25) is 0 Å². The number of rotatable bonds is 4. The van der Waals surface area contributed by atoms with Crippen molar-refractivity contribution < 1.29 is 0 Å². The van der Waals surface area contributed by atoms with Crippen molar-refractivity contribution in [2.45, 2.75) is 51.5 Å². The number of pyridine rings is 1. The van der Waals surface area contributed by atoms with Crippen LogP contribution in [0, 0.1) is 12.8 Å². The fourth-order valence-corrected chi connectivity index (χ4v) is 3.67. The monoisotopic (exact) mass is 283 g/mol. The highest BCUT2D eigenvalue weighted by atomic mass is 15.2. The van der Waals surface area contributed by atoms with Crippen LogP contribution in [0.4, 0.5) is 0 Å². The molecule has 1 saturated carbocycles. The number of nitrogens with two attached hydrogens (primary N) is 1. The van der Waals surface area contributed by atoms with E-state index in [9.17, 15) is 0 Å². The average Bonchev–Trinajstić information content (AvgIpc) is 2.53. The Balaban J connectivity index is 1.92. The first-order chi connectivity index (χ1) is 10.3. The Labute approximate surface area is 126 Å². The van der Waals surface area contributed by atoms with E-state index < -0.39 is 0 Å². The third kappa shape index (κ3) is 3.25. The first kappa shape index (κ1) is 14.5. The van der Waals surface area contributed by atoms with Gasteiger partial charge in [0.1, 0.15) is 0 Å². The van der Waals surface area contributed by atoms with Crippen molar-refractivity contribution in [3.63, 3.8) is 0 Å². The second-order valence-electron chi connectivity index (χ2n) is 6.33. The Kier molecular flexibility index (Phi) is 4.51. The fraction of sp³-hybridized carbons (Fsp3) is 0.500. The lowest BCUT2D eigenvalue weighted by Gasteiger charge is -2.27. The second-order valence-corrected chi connectivity index (χ2v) is 6.33. The van der Waals surface area contributed by atoms with E-state index >= 15 is 0 Å². The first-order valence-corrected chi connectivity index (χ1v) is 8.10. The van der Waals surface area contributed by atoms with Crippen molar-refractivity contribution in [2.24, 2.45) is 11.8 Å². The van der Waals surface area contributed by atoms with E-state index in [1.54, 1.807) is 0 Å². The zero-order valence-corrected chi connectivity index (χ0v) is 12.8. The van der Waals surface area contributed by atoms with Crippen molar-refractivity contribution in [3.8, 4) is 0 Å². The molecular weight excluding hydrogens is 258 g/mol. The lowest BCUT2D eigenvalue weighted by molar-refractivity contribution is 0.301. The van der Waals surface area contributed by atoms with Gasteiger partial charge in [-0.25, -0.2) is 0 Å². The largest absolute Gasteiger partial charge is 0.271 e. The van der Waals surface area contributed by atoms with Gasteiger partial charge in [-0.05, 0) is 37.0 Å². The van der Waals surface area contributed by atoms with Gasteiger partial charge in [0.25, 0.3) is 0 Å². The third-order valence-electron chi connectivity index (χ3n) is 4.75. The van der Waals surface area contributed by atoms with Crippen LogP contribution in [-0.2, 0) is 0 Å². The van der Waals surface area contributed by atoms with Gasteiger partial charge in [0.15, 0.2) is 0 Å². The molecule has 0 bridgehead atoms. The molecule has 2 aromatic rings. The number of aromatic nitrogens is 1. The number of hydrogen-bond acceptors (Lipinski definition) is 3. The molecule has 3 nitrogen and oxygen atoms in total. The SMILES string of the molecule is Cc1cc(C(CC2CCCCC2)NN)c2ccccc2n1.